The third kappa shape index (κ3) is 6.99. The molecule has 0 spiro atoms. The number of esters is 1. The molecule has 0 aliphatic heterocycles. The molecule has 108 valence electrons. The summed E-state index contributed by atoms with van der Waals surface area (Å²) in [5, 5.41) is 0. The molecule has 0 fully saturated rings. The van der Waals surface area contributed by atoms with Crippen LogP contribution in [0, 0.1) is 11.8 Å². The number of hydrogen-bond acceptors (Lipinski definition) is 4. The molecule has 18 heavy (non-hydrogen) atoms. The number of hydrogen-bond donors (Lipinski definition) is 0. The molecule has 0 saturated heterocycles. The smallest absolute Gasteiger partial charge is 0.309 e. The SMILES string of the molecule is CCCCC(CC)CS(=O)(=O)CC(C)C(=O)OC. The highest BCUT2D eigenvalue weighted by Crippen LogP contribution is 2.17. The molecule has 0 aromatic rings. The molecule has 0 radical (unpaired) electrons. The van der Waals surface area contributed by atoms with Gasteiger partial charge in [0.2, 0.25) is 0 Å². The van der Waals surface area contributed by atoms with E-state index in [0.717, 1.165) is 25.7 Å². The zero-order valence-electron chi connectivity index (χ0n) is 11.9. The fourth-order valence-electron chi connectivity index (χ4n) is 1.98. The zero-order chi connectivity index (χ0) is 14.2. The number of rotatable bonds is 9. The third-order valence-corrected chi connectivity index (χ3v) is 5.13. The van der Waals surface area contributed by atoms with Crippen LogP contribution in [0.15, 0.2) is 0 Å². The Hall–Kier alpha value is -0.580. The van der Waals surface area contributed by atoms with Crippen molar-refractivity contribution >= 4 is 15.8 Å². The van der Waals surface area contributed by atoms with Gasteiger partial charge in [-0.05, 0) is 12.3 Å². The highest BCUT2D eigenvalue weighted by molar-refractivity contribution is 7.91. The van der Waals surface area contributed by atoms with Crippen LogP contribution in [0.5, 0.6) is 0 Å². The summed E-state index contributed by atoms with van der Waals surface area (Å²) in [5.74, 6) is -0.753. The summed E-state index contributed by atoms with van der Waals surface area (Å²) in [7, 11) is -1.90. The highest BCUT2D eigenvalue weighted by atomic mass is 32.2. The lowest BCUT2D eigenvalue weighted by Crippen LogP contribution is -2.26. The minimum Gasteiger partial charge on any atom is -0.469 e. The minimum absolute atomic E-state index is 0.109. The van der Waals surface area contributed by atoms with Crippen molar-refractivity contribution in [2.24, 2.45) is 11.8 Å². The Labute approximate surface area is 111 Å². The van der Waals surface area contributed by atoms with Gasteiger partial charge in [0.25, 0.3) is 0 Å². The van der Waals surface area contributed by atoms with E-state index in [2.05, 4.69) is 11.7 Å². The summed E-state index contributed by atoms with van der Waals surface area (Å²) in [5.41, 5.74) is 0. The van der Waals surface area contributed by atoms with Crippen molar-refractivity contribution in [1.82, 2.24) is 0 Å². The molecule has 0 aliphatic rings. The van der Waals surface area contributed by atoms with Gasteiger partial charge >= 0.3 is 5.97 Å². The van der Waals surface area contributed by atoms with Crippen molar-refractivity contribution in [1.29, 1.82) is 0 Å². The summed E-state index contributed by atoms with van der Waals surface area (Å²) < 4.78 is 28.5. The van der Waals surface area contributed by atoms with E-state index in [9.17, 15) is 13.2 Å². The summed E-state index contributed by atoms with van der Waals surface area (Å²) in [6.45, 7) is 5.70. The largest absolute Gasteiger partial charge is 0.469 e. The average Bonchev–Trinajstić information content (AvgIpc) is 2.32. The first-order valence-corrected chi connectivity index (χ1v) is 8.46. The van der Waals surface area contributed by atoms with Crippen molar-refractivity contribution in [3.63, 3.8) is 0 Å². The first kappa shape index (κ1) is 17.4. The van der Waals surface area contributed by atoms with Crippen LogP contribution in [0.25, 0.3) is 0 Å². The number of unbranched alkanes of at least 4 members (excludes halogenated alkanes) is 1. The van der Waals surface area contributed by atoms with Crippen LogP contribution in [-0.4, -0.2) is 33.0 Å². The Morgan fingerprint density at radius 3 is 2.28 bits per heavy atom. The normalized spacial score (nSPS) is 15.1. The highest BCUT2D eigenvalue weighted by Gasteiger charge is 2.24. The standard InChI is InChI=1S/C13H26O4S/c1-5-7-8-12(6-2)10-18(15,16)9-11(3)13(14)17-4/h11-12H,5-10H2,1-4H3. The number of carbonyl (C=O) groups is 1. The first-order chi connectivity index (χ1) is 8.36. The molecule has 0 aromatic heterocycles. The number of carbonyl (C=O) groups excluding carboxylic acids is 1. The molecular weight excluding hydrogens is 252 g/mol. The maximum Gasteiger partial charge on any atom is 0.309 e. The van der Waals surface area contributed by atoms with Gasteiger partial charge in [-0.2, -0.15) is 0 Å². The monoisotopic (exact) mass is 278 g/mol. The molecular formula is C13H26O4S. The van der Waals surface area contributed by atoms with Gasteiger partial charge in [0.15, 0.2) is 9.84 Å². The van der Waals surface area contributed by atoms with E-state index in [1.165, 1.54) is 7.11 Å². The van der Waals surface area contributed by atoms with E-state index in [4.69, 9.17) is 0 Å². The fourth-order valence-corrected chi connectivity index (χ4v) is 4.13. The number of methoxy groups -OCH3 is 1. The lowest BCUT2D eigenvalue weighted by atomic mass is 10.0. The van der Waals surface area contributed by atoms with Crippen molar-refractivity contribution in [3.05, 3.63) is 0 Å². The third-order valence-electron chi connectivity index (χ3n) is 3.14. The maximum absolute atomic E-state index is 12.0. The topological polar surface area (TPSA) is 60.4 Å². The molecule has 2 atom stereocenters. The Balaban J connectivity index is 4.40. The van der Waals surface area contributed by atoms with E-state index in [1.807, 2.05) is 6.92 Å². The van der Waals surface area contributed by atoms with Gasteiger partial charge in [0.05, 0.1) is 24.5 Å². The van der Waals surface area contributed by atoms with E-state index in [0.29, 0.717) is 0 Å². The summed E-state index contributed by atoms with van der Waals surface area (Å²) in [4.78, 5) is 11.2. The van der Waals surface area contributed by atoms with Crippen LogP contribution in [0.3, 0.4) is 0 Å². The average molecular weight is 278 g/mol. The van der Waals surface area contributed by atoms with Gasteiger partial charge in [-0.25, -0.2) is 8.42 Å². The fraction of sp³-hybridized carbons (Fsp3) is 0.923. The molecule has 5 heteroatoms. The molecule has 0 N–H and O–H groups in total. The molecule has 0 aliphatic carbocycles. The van der Waals surface area contributed by atoms with E-state index in [1.54, 1.807) is 6.92 Å². The van der Waals surface area contributed by atoms with Crippen LogP contribution < -0.4 is 0 Å². The molecule has 0 amide bonds. The Morgan fingerprint density at radius 2 is 1.83 bits per heavy atom. The second-order valence-corrected chi connectivity index (χ2v) is 7.07. The van der Waals surface area contributed by atoms with Crippen molar-refractivity contribution in [3.8, 4) is 0 Å². The van der Waals surface area contributed by atoms with Crippen molar-refractivity contribution in [2.45, 2.75) is 46.5 Å². The van der Waals surface area contributed by atoms with E-state index in [-0.39, 0.29) is 17.4 Å². The van der Waals surface area contributed by atoms with Crippen LogP contribution in [-0.2, 0) is 19.4 Å². The second-order valence-electron chi connectivity index (χ2n) is 4.92. The van der Waals surface area contributed by atoms with Gasteiger partial charge in [0.1, 0.15) is 0 Å². The molecule has 0 bridgehead atoms. The predicted molar refractivity (Wildman–Crippen MR) is 73.1 cm³/mol. The Morgan fingerprint density at radius 1 is 1.22 bits per heavy atom. The lowest BCUT2D eigenvalue weighted by molar-refractivity contribution is -0.144. The quantitative estimate of drug-likeness (QED) is 0.608. The summed E-state index contributed by atoms with van der Waals surface area (Å²) in [6.07, 6.45) is 3.94. The van der Waals surface area contributed by atoms with E-state index >= 15 is 0 Å². The van der Waals surface area contributed by atoms with E-state index < -0.39 is 21.7 Å². The van der Waals surface area contributed by atoms with Crippen LogP contribution in [0.1, 0.15) is 46.5 Å². The van der Waals surface area contributed by atoms with Crippen LogP contribution >= 0.6 is 0 Å². The van der Waals surface area contributed by atoms with Gasteiger partial charge < -0.3 is 4.74 Å². The van der Waals surface area contributed by atoms with Gasteiger partial charge in [0, 0.05) is 0 Å². The number of sulfone groups is 1. The van der Waals surface area contributed by atoms with Crippen molar-refractivity contribution < 1.29 is 17.9 Å². The zero-order valence-corrected chi connectivity index (χ0v) is 12.8. The summed E-state index contributed by atoms with van der Waals surface area (Å²) in [6, 6.07) is 0. The van der Waals surface area contributed by atoms with Crippen LogP contribution in [0.4, 0.5) is 0 Å². The molecule has 0 saturated carbocycles. The maximum atomic E-state index is 12.0. The van der Waals surface area contributed by atoms with Gasteiger partial charge in [-0.3, -0.25) is 4.79 Å². The van der Waals surface area contributed by atoms with Crippen molar-refractivity contribution in [2.75, 3.05) is 18.6 Å². The predicted octanol–water partition coefficient (Wildman–Crippen LogP) is 2.43. The van der Waals surface area contributed by atoms with Gasteiger partial charge in [-0.15, -0.1) is 0 Å². The number of ether oxygens (including phenoxy) is 1. The minimum atomic E-state index is -3.18. The van der Waals surface area contributed by atoms with Crippen LogP contribution in [0.2, 0.25) is 0 Å². The lowest BCUT2D eigenvalue weighted by Gasteiger charge is -2.16. The Kier molecular flexibility index (Phi) is 8.24. The molecule has 0 heterocycles. The molecule has 4 nitrogen and oxygen atoms in total. The second kappa shape index (κ2) is 8.51. The Bertz CT molecular complexity index is 335. The van der Waals surface area contributed by atoms with Gasteiger partial charge in [-0.1, -0.05) is 40.0 Å². The summed E-state index contributed by atoms with van der Waals surface area (Å²) >= 11 is 0. The first-order valence-electron chi connectivity index (χ1n) is 6.64. The molecule has 2 unspecified atom stereocenters. The molecule has 0 aromatic carbocycles. The molecule has 0 rings (SSSR count).